The highest BCUT2D eigenvalue weighted by molar-refractivity contribution is 7.97. The molecule has 21 heavy (non-hydrogen) atoms. The van der Waals surface area contributed by atoms with E-state index in [4.69, 9.17) is 4.42 Å². The molecule has 0 N–H and O–H groups in total. The third-order valence-electron chi connectivity index (χ3n) is 3.11. The molecule has 0 spiro atoms. The van der Waals surface area contributed by atoms with E-state index in [9.17, 15) is 4.79 Å². The van der Waals surface area contributed by atoms with Gasteiger partial charge in [0.2, 0.25) is 0 Å². The zero-order chi connectivity index (χ0) is 14.2. The van der Waals surface area contributed by atoms with E-state index in [2.05, 4.69) is 10.3 Å². The van der Waals surface area contributed by atoms with E-state index in [1.807, 2.05) is 36.4 Å². The normalized spacial score (nSPS) is 11.2. The Morgan fingerprint density at radius 2 is 1.86 bits per heavy atom. The molecule has 0 bridgehead atoms. The van der Waals surface area contributed by atoms with Crippen molar-refractivity contribution in [1.29, 1.82) is 0 Å². The van der Waals surface area contributed by atoms with Crippen LogP contribution in [0.2, 0.25) is 0 Å². The number of aromatic nitrogens is 3. The quantitative estimate of drug-likeness (QED) is 0.568. The van der Waals surface area contributed by atoms with Gasteiger partial charge in [-0.25, -0.2) is 0 Å². The fraction of sp³-hybridized carbons (Fsp3) is 0. The average molecular weight is 295 g/mol. The number of nitrogens with zero attached hydrogens (tertiary/aromatic N) is 3. The van der Waals surface area contributed by atoms with E-state index in [-0.39, 0.29) is 5.43 Å². The lowest BCUT2D eigenvalue weighted by atomic mass is 10.2. The molecular weight excluding hydrogens is 286 g/mol. The molecule has 2 aromatic heterocycles. The van der Waals surface area contributed by atoms with E-state index >= 15 is 0 Å². The zero-order valence-corrected chi connectivity index (χ0v) is 11.6. The molecule has 4 rings (SSSR count). The van der Waals surface area contributed by atoms with Crippen LogP contribution >= 0.6 is 11.9 Å². The molecule has 102 valence electrons. The molecule has 4 aromatic rings. The third kappa shape index (κ3) is 2.09. The largest absolute Gasteiger partial charge is 0.448 e. The van der Waals surface area contributed by atoms with Gasteiger partial charge in [-0.3, -0.25) is 4.79 Å². The Labute approximate surface area is 123 Å². The van der Waals surface area contributed by atoms with Crippen LogP contribution < -0.4 is 5.43 Å². The first-order valence-electron chi connectivity index (χ1n) is 6.33. The molecule has 6 heteroatoms. The molecule has 0 aliphatic heterocycles. The smallest absolute Gasteiger partial charge is 0.193 e. The Bertz CT molecular complexity index is 1010. The van der Waals surface area contributed by atoms with Gasteiger partial charge in [-0.2, -0.15) is 4.09 Å². The maximum absolute atomic E-state index is 12.1. The maximum atomic E-state index is 12.1. The van der Waals surface area contributed by atoms with Crippen LogP contribution in [0, 0.1) is 0 Å². The van der Waals surface area contributed by atoms with Gasteiger partial charge in [-0.15, -0.1) is 5.10 Å². The molecule has 0 saturated carbocycles. The predicted molar refractivity (Wildman–Crippen MR) is 81.3 cm³/mol. The molecule has 2 aromatic carbocycles. The third-order valence-corrected chi connectivity index (χ3v) is 3.93. The van der Waals surface area contributed by atoms with Crippen molar-refractivity contribution < 1.29 is 4.42 Å². The fourth-order valence-electron chi connectivity index (χ4n) is 2.13. The Morgan fingerprint density at radius 3 is 2.81 bits per heavy atom. The summed E-state index contributed by atoms with van der Waals surface area (Å²) in [7, 11) is 0. The molecular formula is C15H9N3O2S. The van der Waals surface area contributed by atoms with Crippen molar-refractivity contribution in [3.8, 4) is 0 Å². The van der Waals surface area contributed by atoms with Crippen LogP contribution in [-0.2, 0) is 0 Å². The van der Waals surface area contributed by atoms with Crippen LogP contribution in [-0.4, -0.2) is 14.4 Å². The number of benzene rings is 2. The molecule has 5 nitrogen and oxygen atoms in total. The van der Waals surface area contributed by atoms with Gasteiger partial charge in [0.05, 0.1) is 17.3 Å². The van der Waals surface area contributed by atoms with Gasteiger partial charge in [0.1, 0.15) is 16.6 Å². The van der Waals surface area contributed by atoms with E-state index in [1.54, 1.807) is 16.2 Å². The molecule has 0 unspecified atom stereocenters. The standard InChI is InChI=1S/C15H9N3O2S/c19-13-9-15(20-14-8-4-1-5-10(13)14)21-18-12-7-3-2-6-11(12)16-17-18/h1-9H. The fourth-order valence-corrected chi connectivity index (χ4v) is 2.91. The van der Waals surface area contributed by atoms with Crippen molar-refractivity contribution in [3.63, 3.8) is 0 Å². The number of fused-ring (bicyclic) bond motifs is 2. The van der Waals surface area contributed by atoms with Gasteiger partial charge in [-0.05, 0) is 24.3 Å². The van der Waals surface area contributed by atoms with Crippen molar-refractivity contribution >= 4 is 34.0 Å². The number of para-hydroxylation sites is 2. The molecule has 2 heterocycles. The second-order valence-electron chi connectivity index (χ2n) is 4.47. The monoisotopic (exact) mass is 295 g/mol. The summed E-state index contributed by atoms with van der Waals surface area (Å²) >= 11 is 1.23. The van der Waals surface area contributed by atoms with Crippen LogP contribution in [0.5, 0.6) is 0 Å². The van der Waals surface area contributed by atoms with Gasteiger partial charge in [0.15, 0.2) is 10.5 Å². The lowest BCUT2D eigenvalue weighted by molar-refractivity contribution is 0.498. The minimum absolute atomic E-state index is 0.0660. The predicted octanol–water partition coefficient (Wildman–Crippen LogP) is 3.09. The van der Waals surface area contributed by atoms with Crippen molar-refractivity contribution in [2.45, 2.75) is 5.09 Å². The highest BCUT2D eigenvalue weighted by Crippen LogP contribution is 2.24. The van der Waals surface area contributed by atoms with Crippen LogP contribution in [0.4, 0.5) is 0 Å². The summed E-state index contributed by atoms with van der Waals surface area (Å²) in [6, 6.07) is 16.3. The van der Waals surface area contributed by atoms with Crippen LogP contribution in [0.3, 0.4) is 0 Å². The Hall–Kier alpha value is -2.60. The van der Waals surface area contributed by atoms with Gasteiger partial charge < -0.3 is 4.42 Å². The minimum Gasteiger partial charge on any atom is -0.448 e. The summed E-state index contributed by atoms with van der Waals surface area (Å²) in [6.45, 7) is 0. The first kappa shape index (κ1) is 12.2. The van der Waals surface area contributed by atoms with Crippen molar-refractivity contribution in [2.75, 3.05) is 0 Å². The summed E-state index contributed by atoms with van der Waals surface area (Å²) < 4.78 is 7.38. The summed E-state index contributed by atoms with van der Waals surface area (Å²) in [5, 5.41) is 9.20. The summed E-state index contributed by atoms with van der Waals surface area (Å²) in [6.07, 6.45) is 0. The minimum atomic E-state index is -0.0660. The van der Waals surface area contributed by atoms with Gasteiger partial charge in [0.25, 0.3) is 0 Å². The Kier molecular flexibility index (Phi) is 2.75. The first-order chi connectivity index (χ1) is 10.3. The molecule has 0 aliphatic carbocycles. The van der Waals surface area contributed by atoms with Crippen LogP contribution in [0.25, 0.3) is 22.0 Å². The van der Waals surface area contributed by atoms with Crippen molar-refractivity contribution in [3.05, 3.63) is 64.8 Å². The van der Waals surface area contributed by atoms with Gasteiger partial charge in [-0.1, -0.05) is 29.5 Å². The molecule has 0 saturated heterocycles. The van der Waals surface area contributed by atoms with Crippen molar-refractivity contribution in [1.82, 2.24) is 14.4 Å². The van der Waals surface area contributed by atoms with Gasteiger partial charge >= 0.3 is 0 Å². The maximum Gasteiger partial charge on any atom is 0.193 e. The number of rotatable bonds is 2. The molecule has 0 atom stereocenters. The topological polar surface area (TPSA) is 60.9 Å². The molecule has 0 radical (unpaired) electrons. The zero-order valence-electron chi connectivity index (χ0n) is 10.8. The van der Waals surface area contributed by atoms with Gasteiger partial charge in [0, 0.05) is 6.07 Å². The lowest BCUT2D eigenvalue weighted by Crippen LogP contribution is -2.00. The number of hydrogen-bond donors (Lipinski definition) is 0. The lowest BCUT2D eigenvalue weighted by Gasteiger charge is -2.02. The first-order valence-corrected chi connectivity index (χ1v) is 7.10. The van der Waals surface area contributed by atoms with E-state index in [0.717, 1.165) is 11.0 Å². The molecule has 0 aliphatic rings. The van der Waals surface area contributed by atoms with E-state index < -0.39 is 0 Å². The molecule has 0 amide bonds. The van der Waals surface area contributed by atoms with Crippen LogP contribution in [0.1, 0.15) is 0 Å². The highest BCUT2D eigenvalue weighted by Gasteiger charge is 2.09. The Morgan fingerprint density at radius 1 is 1.05 bits per heavy atom. The summed E-state index contributed by atoms with van der Waals surface area (Å²) in [5.74, 6) is 0. The second kappa shape index (κ2) is 4.75. The van der Waals surface area contributed by atoms with E-state index in [0.29, 0.717) is 16.1 Å². The number of hydrogen-bond acceptors (Lipinski definition) is 5. The summed E-state index contributed by atoms with van der Waals surface area (Å²) in [4.78, 5) is 12.1. The Balaban J connectivity index is 1.82. The molecule has 0 fully saturated rings. The summed E-state index contributed by atoms with van der Waals surface area (Å²) in [5.41, 5.74) is 2.17. The van der Waals surface area contributed by atoms with E-state index in [1.165, 1.54) is 18.0 Å². The second-order valence-corrected chi connectivity index (χ2v) is 5.40. The van der Waals surface area contributed by atoms with Crippen molar-refractivity contribution in [2.24, 2.45) is 0 Å². The average Bonchev–Trinajstić information content (AvgIpc) is 2.91. The van der Waals surface area contributed by atoms with Crippen LogP contribution in [0.15, 0.2) is 68.9 Å². The SMILES string of the molecule is O=c1cc(Sn2nnc3ccccc32)oc2ccccc12. The highest BCUT2D eigenvalue weighted by atomic mass is 32.2.